The van der Waals surface area contributed by atoms with Crippen LogP contribution in [0, 0.1) is 0 Å². The molecule has 0 spiro atoms. The van der Waals surface area contributed by atoms with E-state index in [-0.39, 0.29) is 0 Å². The molecule has 1 aromatic carbocycles. The van der Waals surface area contributed by atoms with Crippen molar-refractivity contribution in [1.29, 1.82) is 0 Å². The molecule has 0 unspecified atom stereocenters. The average Bonchev–Trinajstić information content (AvgIpc) is 2.33. The zero-order valence-corrected chi connectivity index (χ0v) is 11.1. The standard InChI is InChI=1S/C13H20N2S/c1-14-7-9-15(10-8-14)11-12-3-5-13(16-2)6-4-12/h3-6H,7-11H2,1-2H3/p+2. The van der Waals surface area contributed by atoms with Crippen LogP contribution in [0.15, 0.2) is 29.2 Å². The van der Waals surface area contributed by atoms with Crippen molar-refractivity contribution >= 4 is 11.8 Å². The number of nitrogens with one attached hydrogen (secondary N) is 2. The maximum absolute atomic E-state index is 2.30. The summed E-state index contributed by atoms with van der Waals surface area (Å²) in [6.07, 6.45) is 2.13. The number of benzene rings is 1. The molecule has 1 heterocycles. The van der Waals surface area contributed by atoms with E-state index in [1.807, 2.05) is 11.8 Å². The van der Waals surface area contributed by atoms with Crippen molar-refractivity contribution < 1.29 is 9.80 Å². The van der Waals surface area contributed by atoms with Crippen LogP contribution < -0.4 is 9.80 Å². The van der Waals surface area contributed by atoms with E-state index in [4.69, 9.17) is 0 Å². The topological polar surface area (TPSA) is 8.88 Å². The lowest BCUT2D eigenvalue weighted by atomic mass is 10.2. The molecule has 0 bridgehead atoms. The Bertz CT molecular complexity index is 315. The second kappa shape index (κ2) is 5.71. The minimum Gasteiger partial charge on any atom is -0.328 e. The Morgan fingerprint density at radius 3 is 2.25 bits per heavy atom. The zero-order chi connectivity index (χ0) is 11.4. The van der Waals surface area contributed by atoms with Gasteiger partial charge in [-0.25, -0.2) is 0 Å². The Balaban J connectivity index is 1.88. The number of hydrogen-bond donors (Lipinski definition) is 2. The van der Waals surface area contributed by atoms with Gasteiger partial charge >= 0.3 is 0 Å². The number of likely N-dealkylation sites (N-methyl/N-ethyl adjacent to an activating group) is 1. The summed E-state index contributed by atoms with van der Waals surface area (Å²) in [6.45, 7) is 6.46. The van der Waals surface area contributed by atoms with E-state index in [0.717, 1.165) is 0 Å². The molecule has 2 nitrogen and oxygen atoms in total. The van der Waals surface area contributed by atoms with Crippen molar-refractivity contribution in [3.05, 3.63) is 29.8 Å². The van der Waals surface area contributed by atoms with Gasteiger partial charge in [0, 0.05) is 10.5 Å². The van der Waals surface area contributed by atoms with Gasteiger partial charge in [0.25, 0.3) is 0 Å². The SMILES string of the molecule is CSc1ccc(C[NH+]2CC[NH+](C)CC2)cc1. The summed E-state index contributed by atoms with van der Waals surface area (Å²) in [4.78, 5) is 4.78. The quantitative estimate of drug-likeness (QED) is 0.664. The van der Waals surface area contributed by atoms with Crippen molar-refractivity contribution in [1.82, 2.24) is 0 Å². The third-order valence-electron chi connectivity index (χ3n) is 3.42. The second-order valence-electron chi connectivity index (χ2n) is 4.73. The van der Waals surface area contributed by atoms with Crippen molar-refractivity contribution in [3.8, 4) is 0 Å². The monoisotopic (exact) mass is 238 g/mol. The molecule has 88 valence electrons. The van der Waals surface area contributed by atoms with E-state index in [1.165, 1.54) is 43.2 Å². The summed E-state index contributed by atoms with van der Waals surface area (Å²) in [5.74, 6) is 0. The highest BCUT2D eigenvalue weighted by Crippen LogP contribution is 2.14. The Hall–Kier alpha value is -0.510. The molecule has 1 aliphatic heterocycles. The minimum absolute atomic E-state index is 1.20. The molecule has 0 amide bonds. The predicted octanol–water partition coefficient (Wildman–Crippen LogP) is -0.678. The van der Waals surface area contributed by atoms with E-state index >= 15 is 0 Å². The molecule has 0 radical (unpaired) electrons. The molecule has 1 aromatic rings. The lowest BCUT2D eigenvalue weighted by molar-refractivity contribution is -1.01. The molecule has 0 aromatic heterocycles. The third kappa shape index (κ3) is 3.24. The van der Waals surface area contributed by atoms with E-state index in [0.29, 0.717) is 0 Å². The molecule has 1 aliphatic rings. The first-order chi connectivity index (χ1) is 7.78. The van der Waals surface area contributed by atoms with Crippen molar-refractivity contribution in [2.24, 2.45) is 0 Å². The molecule has 1 saturated heterocycles. The molecule has 2 N–H and O–H groups in total. The van der Waals surface area contributed by atoms with Crippen LogP contribution in [0.2, 0.25) is 0 Å². The Morgan fingerprint density at radius 2 is 1.69 bits per heavy atom. The predicted molar refractivity (Wildman–Crippen MR) is 69.2 cm³/mol. The first-order valence-corrected chi connectivity index (χ1v) is 7.28. The summed E-state index contributed by atoms with van der Waals surface area (Å²) in [5.41, 5.74) is 1.48. The highest BCUT2D eigenvalue weighted by molar-refractivity contribution is 7.98. The third-order valence-corrected chi connectivity index (χ3v) is 4.17. The van der Waals surface area contributed by atoms with E-state index < -0.39 is 0 Å². The van der Waals surface area contributed by atoms with Gasteiger partial charge in [-0.05, 0) is 18.4 Å². The summed E-state index contributed by atoms with van der Waals surface area (Å²) in [7, 11) is 2.30. The van der Waals surface area contributed by atoms with E-state index in [9.17, 15) is 0 Å². The fourth-order valence-electron chi connectivity index (χ4n) is 2.24. The van der Waals surface area contributed by atoms with Gasteiger partial charge < -0.3 is 9.80 Å². The number of piperazine rings is 1. The summed E-state index contributed by atoms with van der Waals surface area (Å²) >= 11 is 1.81. The van der Waals surface area contributed by atoms with Crippen molar-refractivity contribution in [2.75, 3.05) is 39.5 Å². The molecular weight excluding hydrogens is 216 g/mol. The lowest BCUT2D eigenvalue weighted by Crippen LogP contribution is -3.26. The zero-order valence-electron chi connectivity index (χ0n) is 10.3. The fraction of sp³-hybridized carbons (Fsp3) is 0.538. The molecule has 1 fully saturated rings. The number of quaternary nitrogens is 2. The van der Waals surface area contributed by atoms with Gasteiger partial charge in [-0.1, -0.05) is 12.1 Å². The molecule has 2 rings (SSSR count). The molecule has 16 heavy (non-hydrogen) atoms. The highest BCUT2D eigenvalue weighted by atomic mass is 32.2. The van der Waals surface area contributed by atoms with Crippen LogP contribution in [0.25, 0.3) is 0 Å². The average molecular weight is 238 g/mol. The minimum atomic E-state index is 1.20. The molecular formula is C13H22N2S+2. The van der Waals surface area contributed by atoms with Gasteiger partial charge in [-0.15, -0.1) is 11.8 Å². The molecule has 0 saturated carbocycles. The Labute approximate surface area is 103 Å². The van der Waals surface area contributed by atoms with Gasteiger partial charge in [0.1, 0.15) is 32.7 Å². The second-order valence-corrected chi connectivity index (χ2v) is 5.61. The molecule has 3 heteroatoms. The van der Waals surface area contributed by atoms with Crippen LogP contribution in [0.4, 0.5) is 0 Å². The van der Waals surface area contributed by atoms with Gasteiger partial charge in [0.2, 0.25) is 0 Å². The van der Waals surface area contributed by atoms with Crippen LogP contribution in [0.5, 0.6) is 0 Å². The molecule has 0 atom stereocenters. The maximum Gasteiger partial charge on any atom is 0.127 e. The Morgan fingerprint density at radius 1 is 1.06 bits per heavy atom. The van der Waals surface area contributed by atoms with Crippen LogP contribution in [0.3, 0.4) is 0 Å². The normalized spacial score (nSPS) is 25.6. The maximum atomic E-state index is 2.30. The van der Waals surface area contributed by atoms with Crippen LogP contribution >= 0.6 is 11.8 Å². The smallest absolute Gasteiger partial charge is 0.127 e. The van der Waals surface area contributed by atoms with Gasteiger partial charge in [0.05, 0.1) is 7.05 Å². The lowest BCUT2D eigenvalue weighted by Gasteiger charge is -2.27. The Kier molecular flexibility index (Phi) is 4.27. The number of thioether (sulfide) groups is 1. The van der Waals surface area contributed by atoms with E-state index in [1.54, 1.807) is 9.80 Å². The first kappa shape index (κ1) is 12.0. The number of hydrogen-bond acceptors (Lipinski definition) is 1. The largest absolute Gasteiger partial charge is 0.328 e. The summed E-state index contributed by atoms with van der Waals surface area (Å²) in [5, 5.41) is 0. The summed E-state index contributed by atoms with van der Waals surface area (Å²) < 4.78 is 0. The number of rotatable bonds is 3. The molecule has 0 aliphatic carbocycles. The van der Waals surface area contributed by atoms with Crippen LogP contribution in [-0.4, -0.2) is 39.5 Å². The first-order valence-electron chi connectivity index (χ1n) is 6.06. The van der Waals surface area contributed by atoms with Gasteiger partial charge in [0.15, 0.2) is 0 Å². The fourth-order valence-corrected chi connectivity index (χ4v) is 2.65. The van der Waals surface area contributed by atoms with Crippen LogP contribution in [0.1, 0.15) is 5.56 Å². The van der Waals surface area contributed by atoms with Gasteiger partial charge in [-0.2, -0.15) is 0 Å². The van der Waals surface area contributed by atoms with Crippen molar-refractivity contribution in [3.63, 3.8) is 0 Å². The summed E-state index contributed by atoms with van der Waals surface area (Å²) in [6, 6.07) is 9.04. The van der Waals surface area contributed by atoms with Gasteiger partial charge in [-0.3, -0.25) is 0 Å². The van der Waals surface area contributed by atoms with Crippen LogP contribution in [-0.2, 0) is 6.54 Å². The highest BCUT2D eigenvalue weighted by Gasteiger charge is 2.19. The van der Waals surface area contributed by atoms with E-state index in [2.05, 4.69) is 37.6 Å². The van der Waals surface area contributed by atoms with Crippen molar-refractivity contribution in [2.45, 2.75) is 11.4 Å².